The Hall–Kier alpha value is -1.61. The second-order valence-electron chi connectivity index (χ2n) is 7.11. The van der Waals surface area contributed by atoms with Crippen LogP contribution >= 0.6 is 0 Å². The van der Waals surface area contributed by atoms with Gasteiger partial charge in [-0.25, -0.2) is 0 Å². The molecule has 0 radical (unpaired) electrons. The van der Waals surface area contributed by atoms with Crippen molar-refractivity contribution in [1.82, 2.24) is 10.2 Å². The summed E-state index contributed by atoms with van der Waals surface area (Å²) in [6, 6.07) is 10.5. The molecule has 0 fully saturated rings. The zero-order valence-corrected chi connectivity index (χ0v) is 16.9. The van der Waals surface area contributed by atoms with E-state index in [1.165, 1.54) is 37.7 Å². The summed E-state index contributed by atoms with van der Waals surface area (Å²) in [6.45, 7) is 4.91. The van der Waals surface area contributed by atoms with Crippen molar-refractivity contribution < 1.29 is 4.79 Å². The first-order valence-electron chi connectivity index (χ1n) is 10.4. The number of carbonyl (C=O) groups is 1. The number of allylic oxidation sites excluding steroid dienone is 2. The Labute approximate surface area is 160 Å². The smallest absolute Gasteiger partial charge is 0.219 e. The monoisotopic (exact) mass is 358 g/mol. The first-order chi connectivity index (χ1) is 12.7. The van der Waals surface area contributed by atoms with Crippen LogP contribution in [0.1, 0.15) is 70.3 Å². The molecule has 1 rings (SSSR count). The first-order valence-corrected chi connectivity index (χ1v) is 10.4. The summed E-state index contributed by atoms with van der Waals surface area (Å²) in [5.41, 5.74) is 1.33. The number of hydrogen-bond acceptors (Lipinski definition) is 2. The number of nitrogens with zero attached hydrogens (tertiary/aromatic N) is 1. The third-order valence-corrected chi connectivity index (χ3v) is 4.51. The van der Waals surface area contributed by atoms with E-state index in [1.807, 2.05) is 6.07 Å². The summed E-state index contributed by atoms with van der Waals surface area (Å²) in [5, 5.41) is 3.05. The molecular formula is C23H38N2O. The zero-order chi connectivity index (χ0) is 18.9. The number of unbranched alkanes of at least 4 members (excludes halogenated alkanes) is 5. The molecule has 0 heterocycles. The molecule has 1 amide bonds. The Morgan fingerprint density at radius 3 is 2.50 bits per heavy atom. The summed E-state index contributed by atoms with van der Waals surface area (Å²) in [7, 11) is 2.13. The Morgan fingerprint density at radius 2 is 1.73 bits per heavy atom. The van der Waals surface area contributed by atoms with Gasteiger partial charge >= 0.3 is 0 Å². The third-order valence-electron chi connectivity index (χ3n) is 4.51. The van der Waals surface area contributed by atoms with Crippen LogP contribution in [0, 0.1) is 0 Å². The van der Waals surface area contributed by atoms with E-state index in [0.717, 1.165) is 38.9 Å². The number of rotatable bonds is 15. The molecule has 0 aliphatic carbocycles. The number of amides is 1. The van der Waals surface area contributed by atoms with Crippen LogP contribution < -0.4 is 5.32 Å². The van der Waals surface area contributed by atoms with Crippen molar-refractivity contribution in [2.45, 2.75) is 71.3 Å². The van der Waals surface area contributed by atoms with Crippen LogP contribution in [0.4, 0.5) is 0 Å². The Kier molecular flexibility index (Phi) is 13.5. The summed E-state index contributed by atoms with van der Waals surface area (Å²) in [6.07, 6.45) is 14.5. The maximum atomic E-state index is 11.9. The summed E-state index contributed by atoms with van der Waals surface area (Å²) in [4.78, 5) is 14.2. The maximum absolute atomic E-state index is 11.9. The van der Waals surface area contributed by atoms with Crippen molar-refractivity contribution >= 4 is 5.91 Å². The van der Waals surface area contributed by atoms with Crippen LogP contribution in [0.5, 0.6) is 0 Å². The van der Waals surface area contributed by atoms with Gasteiger partial charge in [0.25, 0.3) is 0 Å². The number of benzene rings is 1. The predicted molar refractivity (Wildman–Crippen MR) is 112 cm³/mol. The van der Waals surface area contributed by atoms with Gasteiger partial charge in [-0.15, -0.1) is 0 Å². The van der Waals surface area contributed by atoms with Crippen LogP contribution in [0.3, 0.4) is 0 Å². The minimum Gasteiger partial charge on any atom is -0.356 e. The van der Waals surface area contributed by atoms with Gasteiger partial charge in [0.05, 0.1) is 0 Å². The third kappa shape index (κ3) is 12.7. The van der Waals surface area contributed by atoms with E-state index in [0.29, 0.717) is 6.42 Å². The molecule has 1 N–H and O–H groups in total. The summed E-state index contributed by atoms with van der Waals surface area (Å²) < 4.78 is 0. The molecule has 0 aromatic heterocycles. The Morgan fingerprint density at radius 1 is 1.00 bits per heavy atom. The van der Waals surface area contributed by atoms with Crippen LogP contribution in [0.25, 0.3) is 0 Å². The highest BCUT2D eigenvalue weighted by Gasteiger charge is 2.02. The first kappa shape index (κ1) is 22.4. The van der Waals surface area contributed by atoms with E-state index in [2.05, 4.69) is 60.6 Å². The van der Waals surface area contributed by atoms with Crippen LogP contribution in [-0.4, -0.2) is 30.9 Å². The average Bonchev–Trinajstić information content (AvgIpc) is 2.65. The quantitative estimate of drug-likeness (QED) is 0.340. The van der Waals surface area contributed by atoms with E-state index in [4.69, 9.17) is 0 Å². The van der Waals surface area contributed by atoms with Gasteiger partial charge in [0.2, 0.25) is 5.91 Å². The fraction of sp³-hybridized carbons (Fsp3) is 0.609. The largest absolute Gasteiger partial charge is 0.356 e. The van der Waals surface area contributed by atoms with Crippen molar-refractivity contribution in [1.29, 1.82) is 0 Å². The van der Waals surface area contributed by atoms with Gasteiger partial charge < -0.3 is 10.2 Å². The molecule has 0 aliphatic rings. The van der Waals surface area contributed by atoms with Crippen molar-refractivity contribution in [2.24, 2.45) is 0 Å². The van der Waals surface area contributed by atoms with Crippen molar-refractivity contribution in [3.8, 4) is 0 Å². The zero-order valence-electron chi connectivity index (χ0n) is 16.9. The molecule has 146 valence electrons. The summed E-state index contributed by atoms with van der Waals surface area (Å²) in [5.74, 6) is 0.210. The average molecular weight is 359 g/mol. The van der Waals surface area contributed by atoms with Gasteiger partial charge in [0.15, 0.2) is 0 Å². The molecule has 26 heavy (non-hydrogen) atoms. The van der Waals surface area contributed by atoms with E-state index in [9.17, 15) is 4.79 Å². The van der Waals surface area contributed by atoms with Gasteiger partial charge in [0.1, 0.15) is 0 Å². The Balaban J connectivity index is 1.91. The predicted octanol–water partition coefficient (Wildman–Crippen LogP) is 5.32. The second kappa shape index (κ2) is 15.6. The topological polar surface area (TPSA) is 32.3 Å². The molecule has 0 saturated carbocycles. The minimum atomic E-state index is 0.210. The molecule has 3 nitrogen and oxygen atoms in total. The van der Waals surface area contributed by atoms with E-state index in [1.54, 1.807) is 0 Å². The molecule has 0 saturated heterocycles. The Bertz CT molecular complexity index is 484. The van der Waals surface area contributed by atoms with Crippen LogP contribution in [0.15, 0.2) is 42.5 Å². The standard InChI is InChI=1S/C23H38N2O/c1-3-4-5-6-7-8-9-10-14-18-23(26)24-19-15-20-25(2)21-22-16-12-11-13-17-22/h4-5,11-13,16-17H,3,6-10,14-15,18-21H2,1-2H3,(H,24,26)/b5-4+. The van der Waals surface area contributed by atoms with Crippen LogP contribution in [-0.2, 0) is 11.3 Å². The van der Waals surface area contributed by atoms with E-state index in [-0.39, 0.29) is 5.91 Å². The lowest BCUT2D eigenvalue weighted by molar-refractivity contribution is -0.121. The van der Waals surface area contributed by atoms with Gasteiger partial charge in [-0.2, -0.15) is 0 Å². The second-order valence-corrected chi connectivity index (χ2v) is 7.11. The molecule has 0 spiro atoms. The highest BCUT2D eigenvalue weighted by atomic mass is 16.1. The molecule has 0 bridgehead atoms. The van der Waals surface area contributed by atoms with E-state index >= 15 is 0 Å². The molecule has 0 unspecified atom stereocenters. The fourth-order valence-electron chi connectivity index (χ4n) is 3.00. The van der Waals surface area contributed by atoms with Crippen molar-refractivity contribution in [3.63, 3.8) is 0 Å². The number of hydrogen-bond donors (Lipinski definition) is 1. The van der Waals surface area contributed by atoms with Gasteiger partial charge in [-0.1, -0.05) is 68.7 Å². The highest BCUT2D eigenvalue weighted by molar-refractivity contribution is 5.75. The summed E-state index contributed by atoms with van der Waals surface area (Å²) >= 11 is 0. The van der Waals surface area contributed by atoms with Gasteiger partial charge in [-0.3, -0.25) is 4.79 Å². The molecule has 3 heteroatoms. The molecule has 0 atom stereocenters. The minimum absolute atomic E-state index is 0.210. The lowest BCUT2D eigenvalue weighted by Crippen LogP contribution is -2.27. The number of nitrogens with one attached hydrogen (secondary N) is 1. The highest BCUT2D eigenvalue weighted by Crippen LogP contribution is 2.08. The van der Waals surface area contributed by atoms with Gasteiger partial charge in [0, 0.05) is 19.5 Å². The lowest BCUT2D eigenvalue weighted by Gasteiger charge is -2.16. The normalized spacial score (nSPS) is 11.3. The maximum Gasteiger partial charge on any atom is 0.219 e. The molecule has 1 aromatic rings. The molecule has 1 aromatic carbocycles. The lowest BCUT2D eigenvalue weighted by atomic mass is 10.1. The van der Waals surface area contributed by atoms with Crippen LogP contribution in [0.2, 0.25) is 0 Å². The SMILES string of the molecule is CC/C=C/CCCCCCCC(=O)NCCCN(C)Cc1ccccc1. The van der Waals surface area contributed by atoms with E-state index < -0.39 is 0 Å². The molecular weight excluding hydrogens is 320 g/mol. The number of carbonyl (C=O) groups excluding carboxylic acids is 1. The van der Waals surface area contributed by atoms with Gasteiger partial charge in [-0.05, 0) is 51.3 Å². The fourth-order valence-corrected chi connectivity index (χ4v) is 3.00. The van der Waals surface area contributed by atoms with Crippen molar-refractivity contribution in [2.75, 3.05) is 20.1 Å². The van der Waals surface area contributed by atoms with Crippen molar-refractivity contribution in [3.05, 3.63) is 48.0 Å². The molecule has 0 aliphatic heterocycles.